The number of nitrogens with zero attached hydrogens (tertiary/aromatic N) is 1. The first-order chi connectivity index (χ1) is 7.70. The second-order valence-electron chi connectivity index (χ2n) is 5.66. The van der Waals surface area contributed by atoms with Crippen LogP contribution in [0.1, 0.15) is 32.6 Å². The maximum absolute atomic E-state index is 10.1. The van der Waals surface area contributed by atoms with Crippen molar-refractivity contribution in [2.75, 3.05) is 26.8 Å². The lowest BCUT2D eigenvalue weighted by atomic mass is 9.84. The monoisotopic (exact) mass is 227 g/mol. The fourth-order valence-corrected chi connectivity index (χ4v) is 3.26. The van der Waals surface area contributed by atoms with Gasteiger partial charge >= 0.3 is 0 Å². The van der Waals surface area contributed by atoms with E-state index in [1.807, 2.05) is 0 Å². The Morgan fingerprint density at radius 2 is 2.12 bits per heavy atom. The van der Waals surface area contributed by atoms with E-state index in [1.54, 1.807) is 7.11 Å². The highest BCUT2D eigenvalue weighted by molar-refractivity contribution is 4.89. The Hall–Kier alpha value is -0.120. The fraction of sp³-hybridized carbons (Fsp3) is 1.00. The van der Waals surface area contributed by atoms with E-state index in [2.05, 4.69) is 11.8 Å². The van der Waals surface area contributed by atoms with Crippen molar-refractivity contribution in [2.45, 2.75) is 44.8 Å². The third kappa shape index (κ3) is 2.76. The van der Waals surface area contributed by atoms with E-state index < -0.39 is 0 Å². The zero-order valence-electron chi connectivity index (χ0n) is 10.6. The van der Waals surface area contributed by atoms with Crippen molar-refractivity contribution in [1.82, 2.24) is 4.90 Å². The average Bonchev–Trinajstić information content (AvgIpc) is 2.71. The molecule has 2 rings (SSSR count). The lowest BCUT2D eigenvalue weighted by Crippen LogP contribution is -2.46. The first-order valence-electron chi connectivity index (χ1n) is 6.61. The minimum Gasteiger partial charge on any atom is -0.391 e. The Kier molecular flexibility index (Phi) is 4.22. The number of aliphatic hydroxyl groups is 1. The molecule has 2 fully saturated rings. The van der Waals surface area contributed by atoms with Gasteiger partial charge in [0.1, 0.15) is 0 Å². The molecule has 1 heterocycles. The Balaban J connectivity index is 1.87. The zero-order chi connectivity index (χ0) is 11.5. The first-order valence-corrected chi connectivity index (χ1v) is 6.61. The van der Waals surface area contributed by atoms with Crippen molar-refractivity contribution in [3.05, 3.63) is 0 Å². The number of hydrogen-bond donors (Lipinski definition) is 1. The largest absolute Gasteiger partial charge is 0.391 e. The summed E-state index contributed by atoms with van der Waals surface area (Å²) in [6, 6.07) is 0.408. The minimum atomic E-state index is -0.0995. The van der Waals surface area contributed by atoms with Crippen LogP contribution < -0.4 is 0 Å². The third-order valence-electron chi connectivity index (χ3n) is 4.23. The van der Waals surface area contributed by atoms with Crippen LogP contribution in [0, 0.1) is 11.8 Å². The van der Waals surface area contributed by atoms with Crippen LogP contribution in [0.2, 0.25) is 0 Å². The molecule has 2 aliphatic rings. The summed E-state index contributed by atoms with van der Waals surface area (Å²) in [5, 5.41) is 10.1. The van der Waals surface area contributed by atoms with Gasteiger partial charge in [-0.15, -0.1) is 0 Å². The van der Waals surface area contributed by atoms with E-state index in [-0.39, 0.29) is 6.10 Å². The van der Waals surface area contributed by atoms with Gasteiger partial charge in [0.15, 0.2) is 0 Å². The zero-order valence-corrected chi connectivity index (χ0v) is 10.6. The van der Waals surface area contributed by atoms with Gasteiger partial charge in [0.05, 0.1) is 12.7 Å². The van der Waals surface area contributed by atoms with Gasteiger partial charge in [-0.2, -0.15) is 0 Å². The molecule has 3 heteroatoms. The summed E-state index contributed by atoms with van der Waals surface area (Å²) in [4.78, 5) is 2.49. The molecule has 1 aliphatic carbocycles. The number of ether oxygens (including phenoxy) is 1. The first kappa shape index (κ1) is 12.3. The summed E-state index contributed by atoms with van der Waals surface area (Å²) in [5.74, 6) is 1.45. The standard InChI is InChI=1S/C13H25NO2/c1-10-3-4-13(15)12(7-10)14-6-5-11(8-14)9-16-2/h10-13,15H,3-9H2,1-2H3. The topological polar surface area (TPSA) is 32.7 Å². The van der Waals surface area contributed by atoms with Crippen molar-refractivity contribution in [2.24, 2.45) is 11.8 Å². The molecule has 4 atom stereocenters. The SMILES string of the molecule is COCC1CCN(C2CC(C)CCC2O)C1. The average molecular weight is 227 g/mol. The van der Waals surface area contributed by atoms with Gasteiger partial charge in [0.25, 0.3) is 0 Å². The maximum atomic E-state index is 10.1. The Bertz CT molecular complexity index is 222. The van der Waals surface area contributed by atoms with Crippen LogP contribution in [-0.4, -0.2) is 49.0 Å². The van der Waals surface area contributed by atoms with Crippen LogP contribution in [0.4, 0.5) is 0 Å². The maximum Gasteiger partial charge on any atom is 0.0695 e. The van der Waals surface area contributed by atoms with Gasteiger partial charge in [0, 0.05) is 19.7 Å². The number of likely N-dealkylation sites (tertiary alicyclic amines) is 1. The van der Waals surface area contributed by atoms with Gasteiger partial charge in [0.2, 0.25) is 0 Å². The predicted octanol–water partition coefficient (Wildman–Crippen LogP) is 1.50. The minimum absolute atomic E-state index is 0.0995. The molecule has 0 aromatic carbocycles. The summed E-state index contributed by atoms with van der Waals surface area (Å²) in [6.45, 7) is 5.43. The van der Waals surface area contributed by atoms with E-state index in [4.69, 9.17) is 4.74 Å². The summed E-state index contributed by atoms with van der Waals surface area (Å²) < 4.78 is 5.22. The van der Waals surface area contributed by atoms with Crippen molar-refractivity contribution in [3.63, 3.8) is 0 Å². The molecule has 4 unspecified atom stereocenters. The van der Waals surface area contributed by atoms with Gasteiger partial charge in [-0.25, -0.2) is 0 Å². The van der Waals surface area contributed by atoms with Crippen LogP contribution in [0.15, 0.2) is 0 Å². The molecular formula is C13H25NO2. The predicted molar refractivity (Wildman–Crippen MR) is 64.4 cm³/mol. The van der Waals surface area contributed by atoms with Gasteiger partial charge in [-0.05, 0) is 44.1 Å². The number of hydrogen-bond acceptors (Lipinski definition) is 3. The summed E-state index contributed by atoms with van der Waals surface area (Å²) in [7, 11) is 1.78. The molecule has 1 aliphatic heterocycles. The Morgan fingerprint density at radius 1 is 1.31 bits per heavy atom. The highest BCUT2D eigenvalue weighted by Gasteiger charge is 2.35. The number of methoxy groups -OCH3 is 1. The molecule has 0 bridgehead atoms. The van der Waals surface area contributed by atoms with Crippen molar-refractivity contribution >= 4 is 0 Å². The van der Waals surface area contributed by atoms with E-state index in [1.165, 1.54) is 19.3 Å². The highest BCUT2D eigenvalue weighted by atomic mass is 16.5. The second kappa shape index (κ2) is 5.48. The van der Waals surface area contributed by atoms with E-state index >= 15 is 0 Å². The molecule has 16 heavy (non-hydrogen) atoms. The van der Waals surface area contributed by atoms with Crippen molar-refractivity contribution in [3.8, 4) is 0 Å². The van der Waals surface area contributed by atoms with Crippen LogP contribution in [-0.2, 0) is 4.74 Å². The highest BCUT2D eigenvalue weighted by Crippen LogP contribution is 2.31. The lowest BCUT2D eigenvalue weighted by Gasteiger charge is -2.38. The third-order valence-corrected chi connectivity index (χ3v) is 4.23. The van der Waals surface area contributed by atoms with Gasteiger partial charge in [-0.3, -0.25) is 4.90 Å². The molecule has 0 aromatic rings. The normalized spacial score (nSPS) is 41.4. The van der Waals surface area contributed by atoms with E-state index in [0.717, 1.165) is 32.0 Å². The quantitative estimate of drug-likeness (QED) is 0.793. The lowest BCUT2D eigenvalue weighted by molar-refractivity contribution is 0.0128. The van der Waals surface area contributed by atoms with Gasteiger partial charge in [-0.1, -0.05) is 6.92 Å². The van der Waals surface area contributed by atoms with Crippen LogP contribution in [0.3, 0.4) is 0 Å². The van der Waals surface area contributed by atoms with Crippen LogP contribution >= 0.6 is 0 Å². The fourth-order valence-electron chi connectivity index (χ4n) is 3.26. The molecule has 1 saturated heterocycles. The van der Waals surface area contributed by atoms with Crippen LogP contribution in [0.25, 0.3) is 0 Å². The molecular weight excluding hydrogens is 202 g/mol. The molecule has 0 aromatic heterocycles. The molecule has 1 saturated carbocycles. The Labute approximate surface area is 98.8 Å². The summed E-state index contributed by atoms with van der Waals surface area (Å²) in [5.41, 5.74) is 0. The van der Waals surface area contributed by atoms with Crippen molar-refractivity contribution < 1.29 is 9.84 Å². The smallest absolute Gasteiger partial charge is 0.0695 e. The molecule has 0 amide bonds. The number of rotatable bonds is 3. The molecule has 94 valence electrons. The van der Waals surface area contributed by atoms with E-state index in [0.29, 0.717) is 12.0 Å². The second-order valence-corrected chi connectivity index (χ2v) is 5.66. The molecule has 1 N–H and O–H groups in total. The molecule has 3 nitrogen and oxygen atoms in total. The van der Waals surface area contributed by atoms with Crippen LogP contribution in [0.5, 0.6) is 0 Å². The number of aliphatic hydroxyl groups excluding tert-OH is 1. The Morgan fingerprint density at radius 3 is 2.88 bits per heavy atom. The molecule has 0 spiro atoms. The summed E-state index contributed by atoms with van der Waals surface area (Å²) >= 11 is 0. The van der Waals surface area contributed by atoms with E-state index in [9.17, 15) is 5.11 Å². The molecule has 0 radical (unpaired) electrons. The summed E-state index contributed by atoms with van der Waals surface area (Å²) in [6.07, 6.45) is 4.47. The van der Waals surface area contributed by atoms with Crippen molar-refractivity contribution in [1.29, 1.82) is 0 Å². The van der Waals surface area contributed by atoms with Gasteiger partial charge < -0.3 is 9.84 Å².